The summed E-state index contributed by atoms with van der Waals surface area (Å²) in [6, 6.07) is 14.1. The highest BCUT2D eigenvalue weighted by Gasteiger charge is 2.09. The maximum atomic E-state index is 12.0. The minimum absolute atomic E-state index is 0.146. The number of ether oxygens (including phenoxy) is 1. The van der Waals surface area contributed by atoms with E-state index in [0.717, 1.165) is 11.3 Å². The topological polar surface area (TPSA) is 123 Å². The van der Waals surface area contributed by atoms with Crippen LogP contribution in [0, 0.1) is 6.92 Å². The van der Waals surface area contributed by atoms with E-state index in [1.54, 1.807) is 24.3 Å². The highest BCUT2D eigenvalue weighted by molar-refractivity contribution is 7.99. The zero-order valence-corrected chi connectivity index (χ0v) is 16.0. The van der Waals surface area contributed by atoms with E-state index in [2.05, 4.69) is 20.5 Å². The number of hydrogen-bond donors (Lipinski definition) is 3. The summed E-state index contributed by atoms with van der Waals surface area (Å²) in [4.78, 5) is 27.4. The minimum Gasteiger partial charge on any atom is -0.485 e. The molecule has 144 valence electrons. The summed E-state index contributed by atoms with van der Waals surface area (Å²) in [5.41, 5.74) is 7.19. The lowest BCUT2D eigenvalue weighted by Gasteiger charge is -2.06. The molecule has 0 spiro atoms. The number of hydrogen-bond acceptors (Lipinski definition) is 6. The number of aromatic nitrogens is 3. The molecule has 4 N–H and O–H groups in total. The van der Waals surface area contributed by atoms with Gasteiger partial charge in [0.1, 0.15) is 12.4 Å². The van der Waals surface area contributed by atoms with Crippen LogP contribution >= 0.6 is 11.8 Å². The standard InChI is InChI=1S/C19H19N5O3S/c1-12-4-2-3-5-15(12)27-10-16-22-19(24-23-16)28-11-17(25)21-14-8-6-13(7-9-14)18(20)26/h2-9H,10-11H2,1H3,(H2,20,26)(H,21,25)(H,22,23,24). The van der Waals surface area contributed by atoms with E-state index in [9.17, 15) is 9.59 Å². The third-order valence-corrected chi connectivity index (χ3v) is 4.60. The summed E-state index contributed by atoms with van der Waals surface area (Å²) in [5, 5.41) is 10.1. The van der Waals surface area contributed by atoms with Gasteiger partial charge in [-0.3, -0.25) is 14.7 Å². The lowest BCUT2D eigenvalue weighted by Crippen LogP contribution is -2.15. The molecule has 1 aromatic heterocycles. The molecule has 0 bridgehead atoms. The molecular weight excluding hydrogens is 378 g/mol. The van der Waals surface area contributed by atoms with E-state index in [0.29, 0.717) is 22.2 Å². The Bertz CT molecular complexity index is 972. The van der Waals surface area contributed by atoms with Crippen molar-refractivity contribution in [3.8, 4) is 5.75 Å². The van der Waals surface area contributed by atoms with Crippen LogP contribution in [0.25, 0.3) is 0 Å². The lowest BCUT2D eigenvalue weighted by molar-refractivity contribution is -0.113. The summed E-state index contributed by atoms with van der Waals surface area (Å²) in [6.07, 6.45) is 0. The van der Waals surface area contributed by atoms with E-state index >= 15 is 0 Å². The number of nitrogens with zero attached hydrogens (tertiary/aromatic N) is 2. The summed E-state index contributed by atoms with van der Waals surface area (Å²) < 4.78 is 5.71. The first-order valence-electron chi connectivity index (χ1n) is 8.43. The molecule has 3 rings (SSSR count). The monoisotopic (exact) mass is 397 g/mol. The Labute approximate surface area is 165 Å². The van der Waals surface area contributed by atoms with Crippen molar-refractivity contribution in [2.24, 2.45) is 5.73 Å². The van der Waals surface area contributed by atoms with Crippen LogP contribution in [0.3, 0.4) is 0 Å². The molecule has 0 radical (unpaired) electrons. The number of H-pyrrole nitrogens is 1. The maximum absolute atomic E-state index is 12.0. The normalized spacial score (nSPS) is 10.5. The van der Waals surface area contributed by atoms with Crippen LogP contribution < -0.4 is 15.8 Å². The van der Waals surface area contributed by atoms with Gasteiger partial charge in [-0.15, -0.1) is 5.10 Å². The van der Waals surface area contributed by atoms with Crippen LogP contribution in [0.1, 0.15) is 21.7 Å². The van der Waals surface area contributed by atoms with E-state index < -0.39 is 5.91 Å². The van der Waals surface area contributed by atoms with Crippen molar-refractivity contribution in [1.29, 1.82) is 0 Å². The molecule has 0 saturated carbocycles. The molecule has 0 aliphatic heterocycles. The van der Waals surface area contributed by atoms with Crippen LogP contribution in [0.2, 0.25) is 0 Å². The number of aryl methyl sites for hydroxylation is 1. The molecule has 0 saturated heterocycles. The zero-order valence-electron chi connectivity index (χ0n) is 15.1. The average Bonchev–Trinajstić information content (AvgIpc) is 3.14. The molecule has 0 unspecified atom stereocenters. The first-order valence-corrected chi connectivity index (χ1v) is 9.42. The second-order valence-corrected chi connectivity index (χ2v) is 6.84. The van der Waals surface area contributed by atoms with Crippen molar-refractivity contribution in [3.05, 3.63) is 65.5 Å². The number of anilines is 1. The highest BCUT2D eigenvalue weighted by Crippen LogP contribution is 2.18. The first kappa shape index (κ1) is 19.4. The molecule has 0 aliphatic rings. The van der Waals surface area contributed by atoms with Crippen LogP contribution in [-0.4, -0.2) is 32.7 Å². The van der Waals surface area contributed by atoms with Crippen molar-refractivity contribution in [3.63, 3.8) is 0 Å². The molecule has 9 heteroatoms. The number of carbonyl (C=O) groups is 2. The Hall–Kier alpha value is -3.33. The molecule has 3 aromatic rings. The van der Waals surface area contributed by atoms with Crippen LogP contribution in [-0.2, 0) is 11.4 Å². The SMILES string of the molecule is Cc1ccccc1OCc1nc(SCC(=O)Nc2ccc(C(N)=O)cc2)n[nH]1. The van der Waals surface area contributed by atoms with Gasteiger partial charge < -0.3 is 15.8 Å². The van der Waals surface area contributed by atoms with Gasteiger partial charge in [-0.2, -0.15) is 0 Å². The molecule has 0 fully saturated rings. The maximum Gasteiger partial charge on any atom is 0.248 e. The zero-order chi connectivity index (χ0) is 19.9. The quantitative estimate of drug-likeness (QED) is 0.502. The van der Waals surface area contributed by atoms with Crippen LogP contribution in [0.4, 0.5) is 5.69 Å². The number of rotatable bonds is 8. The fraction of sp³-hybridized carbons (Fsp3) is 0.158. The molecule has 0 atom stereocenters. The largest absolute Gasteiger partial charge is 0.485 e. The number of aromatic amines is 1. The molecule has 8 nitrogen and oxygen atoms in total. The molecular formula is C19H19N5O3S. The Balaban J connectivity index is 1.46. The van der Waals surface area contributed by atoms with Crippen molar-refractivity contribution in [1.82, 2.24) is 15.2 Å². The fourth-order valence-electron chi connectivity index (χ4n) is 2.32. The summed E-state index contributed by atoms with van der Waals surface area (Å²) in [7, 11) is 0. The molecule has 2 aromatic carbocycles. The number of thioether (sulfide) groups is 1. The third kappa shape index (κ3) is 5.34. The number of primary amides is 1. The van der Waals surface area contributed by atoms with Gasteiger partial charge in [-0.1, -0.05) is 30.0 Å². The molecule has 1 heterocycles. The van der Waals surface area contributed by atoms with Crippen molar-refractivity contribution in [2.45, 2.75) is 18.7 Å². The lowest BCUT2D eigenvalue weighted by atomic mass is 10.2. The number of nitrogens with two attached hydrogens (primary N) is 1. The second-order valence-electron chi connectivity index (χ2n) is 5.90. The fourth-order valence-corrected chi connectivity index (χ4v) is 2.93. The highest BCUT2D eigenvalue weighted by atomic mass is 32.2. The summed E-state index contributed by atoms with van der Waals surface area (Å²) in [6.45, 7) is 2.23. The van der Waals surface area contributed by atoms with Gasteiger partial charge in [0, 0.05) is 11.3 Å². The van der Waals surface area contributed by atoms with Gasteiger partial charge in [0.25, 0.3) is 0 Å². The van der Waals surface area contributed by atoms with Gasteiger partial charge in [0.05, 0.1) is 5.75 Å². The molecule has 28 heavy (non-hydrogen) atoms. The average molecular weight is 397 g/mol. The third-order valence-electron chi connectivity index (χ3n) is 3.75. The van der Waals surface area contributed by atoms with Crippen molar-refractivity contribution >= 4 is 29.3 Å². The van der Waals surface area contributed by atoms with E-state index in [1.807, 2.05) is 31.2 Å². The second kappa shape index (κ2) is 9.05. The van der Waals surface area contributed by atoms with E-state index in [-0.39, 0.29) is 18.3 Å². The number of amides is 2. The van der Waals surface area contributed by atoms with Crippen LogP contribution in [0.5, 0.6) is 5.75 Å². The Kier molecular flexibility index (Phi) is 6.28. The van der Waals surface area contributed by atoms with E-state index in [4.69, 9.17) is 10.5 Å². The Morgan fingerprint density at radius 1 is 1.18 bits per heavy atom. The van der Waals surface area contributed by atoms with Crippen LogP contribution in [0.15, 0.2) is 53.7 Å². The Morgan fingerprint density at radius 2 is 1.93 bits per heavy atom. The number of nitrogens with one attached hydrogen (secondary N) is 2. The number of para-hydroxylation sites is 1. The number of benzene rings is 2. The van der Waals surface area contributed by atoms with Gasteiger partial charge in [0.2, 0.25) is 17.0 Å². The van der Waals surface area contributed by atoms with E-state index in [1.165, 1.54) is 11.8 Å². The van der Waals surface area contributed by atoms with Gasteiger partial charge >= 0.3 is 0 Å². The Morgan fingerprint density at radius 3 is 2.64 bits per heavy atom. The van der Waals surface area contributed by atoms with Gasteiger partial charge in [0.15, 0.2) is 5.82 Å². The predicted molar refractivity (Wildman–Crippen MR) is 106 cm³/mol. The van der Waals surface area contributed by atoms with Gasteiger partial charge in [-0.25, -0.2) is 4.98 Å². The van der Waals surface area contributed by atoms with Gasteiger partial charge in [-0.05, 0) is 42.8 Å². The van der Waals surface area contributed by atoms with Crippen molar-refractivity contribution < 1.29 is 14.3 Å². The summed E-state index contributed by atoms with van der Waals surface area (Å²) >= 11 is 1.21. The smallest absolute Gasteiger partial charge is 0.248 e. The predicted octanol–water partition coefficient (Wildman–Crippen LogP) is 2.52. The molecule has 0 aliphatic carbocycles. The minimum atomic E-state index is -0.514. The molecule has 2 amide bonds. The summed E-state index contributed by atoms with van der Waals surface area (Å²) in [5.74, 6) is 0.788. The number of carbonyl (C=O) groups excluding carboxylic acids is 2. The van der Waals surface area contributed by atoms with Crippen molar-refractivity contribution in [2.75, 3.05) is 11.1 Å². The first-order chi connectivity index (χ1) is 13.5.